The lowest BCUT2D eigenvalue weighted by atomic mass is 10.1. The first-order chi connectivity index (χ1) is 6.97. The number of hydrogen-bond donors (Lipinski definition) is 1. The van der Waals surface area contributed by atoms with Gasteiger partial charge in [-0.2, -0.15) is 0 Å². The predicted molar refractivity (Wildman–Crippen MR) is 56.8 cm³/mol. The average molecular weight is 230 g/mol. The molecule has 1 rings (SSSR count). The third-order valence-corrected chi connectivity index (χ3v) is 3.39. The molecular formula is C10H14O4S. The van der Waals surface area contributed by atoms with Crippen LogP contribution in [0.5, 0.6) is 0 Å². The van der Waals surface area contributed by atoms with Gasteiger partial charge in [0.1, 0.15) is 5.76 Å². The quantitative estimate of drug-likeness (QED) is 0.629. The van der Waals surface area contributed by atoms with E-state index in [0.29, 0.717) is 0 Å². The highest BCUT2D eigenvalue weighted by molar-refractivity contribution is 7.99. The zero-order chi connectivity index (χ0) is 11.5. The first kappa shape index (κ1) is 12.1. The number of aliphatic hydroxyl groups is 1. The fourth-order valence-corrected chi connectivity index (χ4v) is 1.98. The van der Waals surface area contributed by atoms with Gasteiger partial charge in [0.15, 0.2) is 5.60 Å². The van der Waals surface area contributed by atoms with Crippen LogP contribution < -0.4 is 0 Å². The maximum atomic E-state index is 11.2. The summed E-state index contributed by atoms with van der Waals surface area (Å²) in [7, 11) is 1.25. The zero-order valence-electron chi connectivity index (χ0n) is 8.94. The van der Waals surface area contributed by atoms with Crippen LogP contribution in [-0.2, 0) is 9.53 Å². The number of rotatable bonds is 4. The number of aryl methyl sites for hydroxylation is 1. The number of carbonyl (C=O) groups excluding carboxylic acids is 1. The van der Waals surface area contributed by atoms with Gasteiger partial charge in [0.2, 0.25) is 0 Å². The fourth-order valence-electron chi connectivity index (χ4n) is 1.02. The number of carbonyl (C=O) groups is 1. The lowest BCUT2D eigenvalue weighted by Gasteiger charge is -2.19. The topological polar surface area (TPSA) is 59.7 Å². The molecule has 4 nitrogen and oxygen atoms in total. The van der Waals surface area contributed by atoms with Crippen LogP contribution in [-0.4, -0.2) is 29.5 Å². The van der Waals surface area contributed by atoms with Crippen LogP contribution in [0.1, 0.15) is 12.7 Å². The zero-order valence-corrected chi connectivity index (χ0v) is 9.76. The minimum atomic E-state index is -1.47. The summed E-state index contributed by atoms with van der Waals surface area (Å²) < 4.78 is 9.59. The Morgan fingerprint density at radius 1 is 1.73 bits per heavy atom. The molecule has 1 unspecified atom stereocenters. The highest BCUT2D eigenvalue weighted by atomic mass is 32.2. The Morgan fingerprint density at radius 2 is 2.40 bits per heavy atom. The van der Waals surface area contributed by atoms with Crippen molar-refractivity contribution in [2.24, 2.45) is 0 Å². The summed E-state index contributed by atoms with van der Waals surface area (Å²) in [6, 6.07) is 1.80. The molecule has 0 saturated heterocycles. The summed E-state index contributed by atoms with van der Waals surface area (Å²) in [6.07, 6.45) is 1.57. The van der Waals surface area contributed by atoms with Crippen molar-refractivity contribution in [1.82, 2.24) is 0 Å². The Bertz CT molecular complexity index is 343. The SMILES string of the molecule is COC(=O)C(C)(O)CSc1ccoc1C. The summed E-state index contributed by atoms with van der Waals surface area (Å²) >= 11 is 1.36. The van der Waals surface area contributed by atoms with E-state index in [-0.39, 0.29) is 5.75 Å². The first-order valence-corrected chi connectivity index (χ1v) is 5.43. The second-order valence-electron chi connectivity index (χ2n) is 3.40. The van der Waals surface area contributed by atoms with Gasteiger partial charge in [-0.15, -0.1) is 11.8 Å². The molecule has 0 aromatic carbocycles. The summed E-state index contributed by atoms with van der Waals surface area (Å²) in [6.45, 7) is 3.26. The largest absolute Gasteiger partial charge is 0.468 e. The predicted octanol–water partition coefficient (Wildman–Crippen LogP) is 1.60. The molecule has 0 aliphatic heterocycles. The minimum Gasteiger partial charge on any atom is -0.468 e. The van der Waals surface area contributed by atoms with Gasteiger partial charge in [0.05, 0.1) is 13.4 Å². The number of furan rings is 1. The molecule has 84 valence electrons. The number of hydrogen-bond acceptors (Lipinski definition) is 5. The van der Waals surface area contributed by atoms with Crippen LogP contribution in [0, 0.1) is 6.92 Å². The smallest absolute Gasteiger partial charge is 0.338 e. The Hall–Kier alpha value is -0.940. The molecule has 0 amide bonds. The fraction of sp³-hybridized carbons (Fsp3) is 0.500. The molecule has 0 aliphatic carbocycles. The van der Waals surface area contributed by atoms with Crippen molar-refractivity contribution in [3.8, 4) is 0 Å². The third-order valence-electron chi connectivity index (χ3n) is 1.95. The maximum Gasteiger partial charge on any atom is 0.338 e. The van der Waals surface area contributed by atoms with E-state index in [4.69, 9.17) is 4.42 Å². The second-order valence-corrected chi connectivity index (χ2v) is 4.41. The van der Waals surface area contributed by atoms with Crippen LogP contribution in [0.25, 0.3) is 0 Å². The van der Waals surface area contributed by atoms with E-state index >= 15 is 0 Å². The van der Waals surface area contributed by atoms with Gasteiger partial charge >= 0.3 is 5.97 Å². The van der Waals surface area contributed by atoms with Gasteiger partial charge in [-0.3, -0.25) is 0 Å². The van der Waals surface area contributed by atoms with Gasteiger partial charge in [-0.1, -0.05) is 0 Å². The van der Waals surface area contributed by atoms with Crippen LogP contribution in [0.15, 0.2) is 21.6 Å². The second kappa shape index (κ2) is 4.72. The Morgan fingerprint density at radius 3 is 2.87 bits per heavy atom. The van der Waals surface area contributed by atoms with Crippen LogP contribution in [0.3, 0.4) is 0 Å². The van der Waals surface area contributed by atoms with Crippen molar-refractivity contribution in [3.63, 3.8) is 0 Å². The molecular weight excluding hydrogens is 216 g/mol. The minimum absolute atomic E-state index is 0.236. The van der Waals surface area contributed by atoms with E-state index < -0.39 is 11.6 Å². The molecule has 5 heteroatoms. The van der Waals surface area contributed by atoms with E-state index in [9.17, 15) is 9.90 Å². The van der Waals surface area contributed by atoms with Crippen LogP contribution in [0.2, 0.25) is 0 Å². The summed E-state index contributed by atoms with van der Waals surface area (Å²) in [5.41, 5.74) is -1.47. The monoisotopic (exact) mass is 230 g/mol. The van der Waals surface area contributed by atoms with Crippen molar-refractivity contribution in [1.29, 1.82) is 0 Å². The molecule has 1 atom stereocenters. The standard InChI is InChI=1S/C10H14O4S/c1-7-8(4-5-14-7)15-6-10(2,12)9(11)13-3/h4-5,12H,6H2,1-3H3. The molecule has 0 bridgehead atoms. The number of ether oxygens (including phenoxy) is 1. The van der Waals surface area contributed by atoms with Gasteiger partial charge < -0.3 is 14.3 Å². The lowest BCUT2D eigenvalue weighted by molar-refractivity contribution is -0.158. The summed E-state index contributed by atoms with van der Waals surface area (Å²) in [4.78, 5) is 12.1. The summed E-state index contributed by atoms with van der Waals surface area (Å²) in [5.74, 6) is 0.386. The molecule has 0 aliphatic rings. The van der Waals surface area contributed by atoms with E-state index in [1.807, 2.05) is 6.92 Å². The Kier molecular flexibility index (Phi) is 3.82. The first-order valence-electron chi connectivity index (χ1n) is 4.45. The van der Waals surface area contributed by atoms with Crippen molar-refractivity contribution in [3.05, 3.63) is 18.1 Å². The highest BCUT2D eigenvalue weighted by Gasteiger charge is 2.31. The molecule has 1 aromatic rings. The number of methoxy groups -OCH3 is 1. The third kappa shape index (κ3) is 3.00. The van der Waals surface area contributed by atoms with Gasteiger partial charge in [0, 0.05) is 10.6 Å². The van der Waals surface area contributed by atoms with Crippen LogP contribution in [0.4, 0.5) is 0 Å². The van der Waals surface area contributed by atoms with E-state index in [2.05, 4.69) is 4.74 Å². The number of thioether (sulfide) groups is 1. The molecule has 15 heavy (non-hydrogen) atoms. The molecule has 0 spiro atoms. The normalized spacial score (nSPS) is 14.7. The van der Waals surface area contributed by atoms with Gasteiger partial charge in [-0.05, 0) is 19.9 Å². The van der Waals surface area contributed by atoms with Crippen molar-refractivity contribution in [2.75, 3.05) is 12.9 Å². The average Bonchev–Trinajstić information content (AvgIpc) is 2.60. The molecule has 0 fully saturated rings. The van der Waals surface area contributed by atoms with Crippen molar-refractivity contribution < 1.29 is 19.1 Å². The van der Waals surface area contributed by atoms with Gasteiger partial charge in [0.25, 0.3) is 0 Å². The maximum absolute atomic E-state index is 11.2. The number of esters is 1. The Balaban J connectivity index is 2.57. The van der Waals surface area contributed by atoms with Gasteiger partial charge in [-0.25, -0.2) is 4.79 Å². The lowest BCUT2D eigenvalue weighted by Crippen LogP contribution is -2.38. The van der Waals surface area contributed by atoms with Crippen LogP contribution >= 0.6 is 11.8 Å². The van der Waals surface area contributed by atoms with Crippen molar-refractivity contribution in [2.45, 2.75) is 24.3 Å². The summed E-state index contributed by atoms with van der Waals surface area (Å²) in [5, 5.41) is 9.75. The molecule has 1 N–H and O–H groups in total. The van der Waals surface area contributed by atoms with E-state index in [1.165, 1.54) is 25.8 Å². The van der Waals surface area contributed by atoms with E-state index in [0.717, 1.165) is 10.7 Å². The molecule has 0 saturated carbocycles. The Labute approximate surface area is 92.6 Å². The molecule has 0 radical (unpaired) electrons. The molecule has 1 heterocycles. The highest BCUT2D eigenvalue weighted by Crippen LogP contribution is 2.26. The van der Waals surface area contributed by atoms with E-state index in [1.54, 1.807) is 12.3 Å². The van der Waals surface area contributed by atoms with Crippen molar-refractivity contribution >= 4 is 17.7 Å². The molecule has 1 aromatic heterocycles.